The maximum atomic E-state index is 12.2. The van der Waals surface area contributed by atoms with Crippen LogP contribution < -0.4 is 0 Å². The van der Waals surface area contributed by atoms with Crippen molar-refractivity contribution in [1.29, 1.82) is 0 Å². The van der Waals surface area contributed by atoms with Crippen molar-refractivity contribution >= 4 is 23.8 Å². The summed E-state index contributed by atoms with van der Waals surface area (Å²) < 4.78 is 10.7. The molecule has 1 aliphatic heterocycles. The van der Waals surface area contributed by atoms with Crippen molar-refractivity contribution in [2.45, 2.75) is 45.4 Å². The largest absolute Gasteiger partial charge is 0.481 e. The topological polar surface area (TPSA) is 76.1 Å². The van der Waals surface area contributed by atoms with Crippen LogP contribution in [-0.2, 0) is 14.3 Å². The Bertz CT molecular complexity index is 368. The lowest BCUT2D eigenvalue weighted by Crippen LogP contribution is -2.50. The molecule has 3 atom stereocenters. The second-order valence-corrected chi connectivity index (χ2v) is 6.84. The van der Waals surface area contributed by atoms with Gasteiger partial charge in [-0.3, -0.25) is 9.69 Å². The van der Waals surface area contributed by atoms with Crippen LogP contribution in [0.1, 0.15) is 27.7 Å². The molecule has 7 heteroatoms. The van der Waals surface area contributed by atoms with Crippen molar-refractivity contribution in [2.75, 3.05) is 18.7 Å². The summed E-state index contributed by atoms with van der Waals surface area (Å²) in [6.45, 7) is 7.00. The summed E-state index contributed by atoms with van der Waals surface area (Å²) in [6, 6.07) is -0.286. The molecule has 1 heterocycles. The standard InChI is InChI=1S/C13H23NO5S/c1-8(11(15)16)10(18-5)9-6-20-7-14(9)12(17)19-13(2,3)4/h8-10H,6-7H2,1-5H3,(H,15,16)/t8-,9?,10-/m1/s1. The maximum absolute atomic E-state index is 12.2. The zero-order valence-corrected chi connectivity index (χ0v) is 13.4. The molecule has 0 bridgehead atoms. The third-order valence-corrected chi connectivity index (χ3v) is 4.12. The fourth-order valence-electron chi connectivity index (χ4n) is 2.07. The predicted octanol–water partition coefficient (Wildman–Crippen LogP) is 2.03. The van der Waals surface area contributed by atoms with Crippen LogP contribution in [-0.4, -0.2) is 58.6 Å². The smallest absolute Gasteiger partial charge is 0.411 e. The van der Waals surface area contributed by atoms with Gasteiger partial charge in [-0.25, -0.2) is 4.79 Å². The van der Waals surface area contributed by atoms with E-state index in [0.717, 1.165) is 0 Å². The summed E-state index contributed by atoms with van der Waals surface area (Å²) in [5, 5.41) is 9.13. The Morgan fingerprint density at radius 3 is 2.45 bits per heavy atom. The van der Waals surface area contributed by atoms with Gasteiger partial charge in [-0.15, -0.1) is 11.8 Å². The van der Waals surface area contributed by atoms with Gasteiger partial charge in [-0.2, -0.15) is 0 Å². The second kappa shape index (κ2) is 6.67. The van der Waals surface area contributed by atoms with Gasteiger partial charge in [0, 0.05) is 12.9 Å². The number of ether oxygens (including phenoxy) is 2. The van der Waals surface area contributed by atoms with E-state index in [0.29, 0.717) is 11.6 Å². The molecule has 20 heavy (non-hydrogen) atoms. The number of carbonyl (C=O) groups excluding carboxylic acids is 1. The summed E-state index contributed by atoms with van der Waals surface area (Å²) in [5.74, 6) is -0.479. The molecule has 116 valence electrons. The number of nitrogens with zero attached hydrogens (tertiary/aromatic N) is 1. The monoisotopic (exact) mass is 305 g/mol. The zero-order chi connectivity index (χ0) is 15.5. The van der Waals surface area contributed by atoms with E-state index in [1.807, 2.05) is 0 Å². The first kappa shape index (κ1) is 17.1. The van der Waals surface area contributed by atoms with Crippen LogP contribution in [0.25, 0.3) is 0 Å². The molecule has 0 spiro atoms. The van der Waals surface area contributed by atoms with E-state index in [2.05, 4.69) is 0 Å². The van der Waals surface area contributed by atoms with Crippen LogP contribution in [0.3, 0.4) is 0 Å². The number of methoxy groups -OCH3 is 1. The average Bonchev–Trinajstić information content (AvgIpc) is 2.76. The lowest BCUT2D eigenvalue weighted by molar-refractivity contribution is -0.147. The molecule has 1 N–H and O–H groups in total. The fraction of sp³-hybridized carbons (Fsp3) is 0.846. The minimum Gasteiger partial charge on any atom is -0.481 e. The summed E-state index contributed by atoms with van der Waals surface area (Å²) in [7, 11) is 1.47. The lowest BCUT2D eigenvalue weighted by atomic mass is 9.98. The normalized spacial score (nSPS) is 22.4. The molecule has 0 aromatic heterocycles. The van der Waals surface area contributed by atoms with Crippen molar-refractivity contribution in [2.24, 2.45) is 5.92 Å². The van der Waals surface area contributed by atoms with E-state index in [1.54, 1.807) is 44.4 Å². The summed E-state index contributed by atoms with van der Waals surface area (Å²) >= 11 is 1.57. The Kier molecular flexibility index (Phi) is 5.70. The molecule has 1 amide bonds. The molecular weight excluding hydrogens is 282 g/mol. The first-order valence-electron chi connectivity index (χ1n) is 6.50. The van der Waals surface area contributed by atoms with Gasteiger partial charge in [0.1, 0.15) is 5.60 Å². The summed E-state index contributed by atoms with van der Waals surface area (Å²) in [6.07, 6.45) is -0.970. The quantitative estimate of drug-likeness (QED) is 0.856. The van der Waals surface area contributed by atoms with E-state index in [4.69, 9.17) is 14.6 Å². The fourth-order valence-corrected chi connectivity index (χ4v) is 3.28. The van der Waals surface area contributed by atoms with Gasteiger partial charge in [0.25, 0.3) is 0 Å². The highest BCUT2D eigenvalue weighted by molar-refractivity contribution is 7.99. The first-order chi connectivity index (χ1) is 9.17. The number of hydrogen-bond donors (Lipinski definition) is 1. The van der Waals surface area contributed by atoms with E-state index in [-0.39, 0.29) is 6.04 Å². The number of carbonyl (C=O) groups is 2. The van der Waals surface area contributed by atoms with Crippen LogP contribution in [0, 0.1) is 5.92 Å². The van der Waals surface area contributed by atoms with Gasteiger partial charge < -0.3 is 14.6 Å². The van der Waals surface area contributed by atoms with E-state index < -0.39 is 29.7 Å². The predicted molar refractivity (Wildman–Crippen MR) is 76.8 cm³/mol. The van der Waals surface area contributed by atoms with Gasteiger partial charge in [0.05, 0.1) is 23.9 Å². The first-order valence-corrected chi connectivity index (χ1v) is 7.66. The Morgan fingerprint density at radius 1 is 1.40 bits per heavy atom. The van der Waals surface area contributed by atoms with E-state index >= 15 is 0 Å². The highest BCUT2D eigenvalue weighted by Gasteiger charge is 2.41. The van der Waals surface area contributed by atoms with Gasteiger partial charge >= 0.3 is 12.1 Å². The Hall–Kier alpha value is -0.950. The summed E-state index contributed by atoms with van der Waals surface area (Å²) in [4.78, 5) is 24.9. The number of rotatable bonds is 4. The molecule has 0 aliphatic carbocycles. The van der Waals surface area contributed by atoms with Crippen LogP contribution in [0.15, 0.2) is 0 Å². The third-order valence-electron chi connectivity index (χ3n) is 3.08. The SMILES string of the molecule is CO[C@@H](C1CSCN1C(=O)OC(C)(C)C)[C@@H](C)C(=O)O. The molecule has 0 aromatic carbocycles. The Morgan fingerprint density at radius 2 is 2.00 bits per heavy atom. The van der Waals surface area contributed by atoms with Crippen LogP contribution in [0.2, 0.25) is 0 Å². The zero-order valence-electron chi connectivity index (χ0n) is 12.6. The van der Waals surface area contributed by atoms with Crippen LogP contribution >= 0.6 is 11.8 Å². The molecule has 1 aliphatic rings. The highest BCUT2D eigenvalue weighted by Crippen LogP contribution is 2.29. The third kappa shape index (κ3) is 4.28. The van der Waals surface area contributed by atoms with Crippen LogP contribution in [0.5, 0.6) is 0 Å². The average molecular weight is 305 g/mol. The minimum absolute atomic E-state index is 0.286. The number of carboxylic acids is 1. The minimum atomic E-state index is -0.933. The number of hydrogen-bond acceptors (Lipinski definition) is 5. The Balaban J connectivity index is 2.82. The highest BCUT2D eigenvalue weighted by atomic mass is 32.2. The van der Waals surface area contributed by atoms with Crippen molar-refractivity contribution in [1.82, 2.24) is 4.90 Å². The van der Waals surface area contributed by atoms with Crippen molar-refractivity contribution in [3.63, 3.8) is 0 Å². The molecule has 1 saturated heterocycles. The molecule has 0 saturated carbocycles. The Labute approximate surface area is 123 Å². The van der Waals surface area contributed by atoms with Crippen LogP contribution in [0.4, 0.5) is 4.79 Å². The summed E-state index contributed by atoms with van der Waals surface area (Å²) in [5.41, 5.74) is -0.574. The van der Waals surface area contributed by atoms with Gasteiger partial charge in [-0.1, -0.05) is 0 Å². The molecule has 1 rings (SSSR count). The molecule has 0 radical (unpaired) electrons. The number of carboxylic acid groups (broad SMARTS) is 1. The molecular formula is C13H23NO5S. The number of aliphatic carboxylic acids is 1. The van der Waals surface area contributed by atoms with Gasteiger partial charge in [0.2, 0.25) is 0 Å². The number of amides is 1. The van der Waals surface area contributed by atoms with Crippen molar-refractivity contribution in [3.05, 3.63) is 0 Å². The second-order valence-electron chi connectivity index (χ2n) is 5.84. The van der Waals surface area contributed by atoms with Crippen molar-refractivity contribution in [3.8, 4) is 0 Å². The van der Waals surface area contributed by atoms with Gasteiger partial charge in [0.15, 0.2) is 0 Å². The molecule has 0 aromatic rings. The van der Waals surface area contributed by atoms with Gasteiger partial charge in [-0.05, 0) is 27.7 Å². The van der Waals surface area contributed by atoms with Crippen molar-refractivity contribution < 1.29 is 24.2 Å². The molecule has 1 fully saturated rings. The maximum Gasteiger partial charge on any atom is 0.411 e. The molecule has 1 unspecified atom stereocenters. The number of thioether (sulfide) groups is 1. The lowest BCUT2D eigenvalue weighted by Gasteiger charge is -2.33. The van der Waals surface area contributed by atoms with E-state index in [1.165, 1.54) is 7.11 Å². The molecule has 6 nitrogen and oxygen atoms in total. The van der Waals surface area contributed by atoms with E-state index in [9.17, 15) is 9.59 Å².